The number of rotatable bonds is 9. The van der Waals surface area contributed by atoms with E-state index in [-0.39, 0.29) is 12.5 Å². The molecule has 0 fully saturated rings. The van der Waals surface area contributed by atoms with Gasteiger partial charge in [0.15, 0.2) is 5.96 Å². The minimum absolute atomic E-state index is 0.104. The third-order valence-corrected chi connectivity index (χ3v) is 2.51. The lowest BCUT2D eigenvalue weighted by molar-refractivity contribution is -0.132. The second kappa shape index (κ2) is 10.0. The lowest BCUT2D eigenvalue weighted by Crippen LogP contribution is -2.34. The van der Waals surface area contributed by atoms with Crippen LogP contribution in [0.1, 0.15) is 51.9 Å². The van der Waals surface area contributed by atoms with Crippen molar-refractivity contribution in [2.75, 3.05) is 13.1 Å². The molecule has 0 unspecified atom stereocenters. The summed E-state index contributed by atoms with van der Waals surface area (Å²) in [5.41, 5.74) is 5.44. The van der Waals surface area contributed by atoms with E-state index in [0.717, 1.165) is 12.8 Å². The van der Waals surface area contributed by atoms with Crippen molar-refractivity contribution in [2.45, 2.75) is 58.0 Å². The zero-order valence-electron chi connectivity index (χ0n) is 11.0. The summed E-state index contributed by atoms with van der Waals surface area (Å²) >= 11 is 0. The van der Waals surface area contributed by atoms with Gasteiger partial charge in [-0.3, -0.25) is 4.99 Å². The maximum Gasteiger partial charge on any atom is 0.390 e. The van der Waals surface area contributed by atoms with E-state index in [4.69, 9.17) is 5.73 Å². The SMILES string of the molecule is CCCCCCCCN=C(N)NCCC(F)(F)F. The largest absolute Gasteiger partial charge is 0.390 e. The first-order valence-corrected chi connectivity index (χ1v) is 6.56. The molecule has 108 valence electrons. The smallest absolute Gasteiger partial charge is 0.370 e. The first-order valence-electron chi connectivity index (χ1n) is 6.56. The number of aliphatic imine (C=N–C) groups is 1. The van der Waals surface area contributed by atoms with Crippen LogP contribution in [0.4, 0.5) is 13.2 Å². The number of halogens is 3. The standard InChI is InChI=1S/C12H24F3N3/c1-2-3-4-5-6-7-9-17-11(16)18-10-8-12(13,14)15/h2-10H2,1H3,(H3,16,17,18). The molecule has 0 radical (unpaired) electrons. The lowest BCUT2D eigenvalue weighted by Gasteiger charge is -2.08. The Morgan fingerprint density at radius 1 is 1.11 bits per heavy atom. The number of nitrogens with one attached hydrogen (secondary N) is 1. The van der Waals surface area contributed by atoms with Gasteiger partial charge in [0.25, 0.3) is 0 Å². The van der Waals surface area contributed by atoms with Gasteiger partial charge in [0.1, 0.15) is 0 Å². The number of guanidine groups is 1. The molecule has 0 bridgehead atoms. The van der Waals surface area contributed by atoms with Gasteiger partial charge in [0, 0.05) is 13.1 Å². The minimum atomic E-state index is -4.15. The van der Waals surface area contributed by atoms with Gasteiger partial charge in [-0.05, 0) is 6.42 Å². The third-order valence-electron chi connectivity index (χ3n) is 2.51. The van der Waals surface area contributed by atoms with Gasteiger partial charge in [-0.25, -0.2) is 0 Å². The Morgan fingerprint density at radius 2 is 1.72 bits per heavy atom. The van der Waals surface area contributed by atoms with Crippen LogP contribution in [0.25, 0.3) is 0 Å². The Labute approximate surface area is 107 Å². The summed E-state index contributed by atoms with van der Waals surface area (Å²) in [7, 11) is 0. The molecule has 3 N–H and O–H groups in total. The zero-order chi connectivity index (χ0) is 13.9. The van der Waals surface area contributed by atoms with Gasteiger partial charge in [-0.15, -0.1) is 0 Å². The molecule has 18 heavy (non-hydrogen) atoms. The Hall–Kier alpha value is -0.940. The number of hydrogen-bond donors (Lipinski definition) is 2. The van der Waals surface area contributed by atoms with Crippen molar-refractivity contribution in [2.24, 2.45) is 10.7 Å². The van der Waals surface area contributed by atoms with Crippen molar-refractivity contribution in [1.82, 2.24) is 5.32 Å². The van der Waals surface area contributed by atoms with Crippen LogP contribution in [-0.2, 0) is 0 Å². The molecule has 0 saturated heterocycles. The van der Waals surface area contributed by atoms with Gasteiger partial charge in [0.2, 0.25) is 0 Å². The second-order valence-electron chi connectivity index (χ2n) is 4.33. The van der Waals surface area contributed by atoms with Gasteiger partial charge in [0.05, 0.1) is 6.42 Å². The molecule has 0 aliphatic heterocycles. The Morgan fingerprint density at radius 3 is 2.33 bits per heavy atom. The van der Waals surface area contributed by atoms with Crippen LogP contribution in [-0.4, -0.2) is 25.2 Å². The third kappa shape index (κ3) is 13.1. The molecule has 0 rings (SSSR count). The molecule has 0 atom stereocenters. The van der Waals surface area contributed by atoms with Gasteiger partial charge < -0.3 is 11.1 Å². The number of hydrogen-bond acceptors (Lipinski definition) is 1. The second-order valence-corrected chi connectivity index (χ2v) is 4.33. The van der Waals surface area contributed by atoms with Crippen LogP contribution in [0.2, 0.25) is 0 Å². The molecule has 0 amide bonds. The number of unbranched alkanes of at least 4 members (excludes halogenated alkanes) is 5. The van der Waals surface area contributed by atoms with E-state index in [1.54, 1.807) is 0 Å². The van der Waals surface area contributed by atoms with Crippen LogP contribution in [0.3, 0.4) is 0 Å². The fraction of sp³-hybridized carbons (Fsp3) is 0.917. The molecule has 0 aliphatic carbocycles. The summed E-state index contributed by atoms with van der Waals surface area (Å²) in [4.78, 5) is 3.98. The molecular weight excluding hydrogens is 243 g/mol. The molecule has 3 nitrogen and oxygen atoms in total. The van der Waals surface area contributed by atoms with Crippen molar-refractivity contribution >= 4 is 5.96 Å². The van der Waals surface area contributed by atoms with Gasteiger partial charge in [-0.2, -0.15) is 13.2 Å². The summed E-state index contributed by atoms with van der Waals surface area (Å²) in [6.07, 6.45) is 1.89. The Balaban J connectivity index is 3.42. The highest BCUT2D eigenvalue weighted by molar-refractivity contribution is 5.77. The molecule has 0 saturated carbocycles. The van der Waals surface area contributed by atoms with Crippen LogP contribution >= 0.6 is 0 Å². The van der Waals surface area contributed by atoms with Crippen molar-refractivity contribution in [3.8, 4) is 0 Å². The number of nitrogens with zero attached hydrogens (tertiary/aromatic N) is 1. The van der Waals surface area contributed by atoms with E-state index in [1.807, 2.05) is 0 Å². The molecule has 0 heterocycles. The van der Waals surface area contributed by atoms with Crippen LogP contribution in [0.15, 0.2) is 4.99 Å². The summed E-state index contributed by atoms with van der Waals surface area (Å²) in [5.74, 6) is 0.104. The highest BCUT2D eigenvalue weighted by Crippen LogP contribution is 2.17. The average Bonchev–Trinajstić information content (AvgIpc) is 2.26. The molecular formula is C12H24F3N3. The Kier molecular flexibility index (Phi) is 9.50. The fourth-order valence-electron chi connectivity index (χ4n) is 1.48. The summed E-state index contributed by atoms with van der Waals surface area (Å²) < 4.78 is 35.5. The van der Waals surface area contributed by atoms with Crippen molar-refractivity contribution in [3.05, 3.63) is 0 Å². The predicted molar refractivity (Wildman–Crippen MR) is 68.5 cm³/mol. The van der Waals surface area contributed by atoms with E-state index in [0.29, 0.717) is 6.54 Å². The van der Waals surface area contributed by atoms with Gasteiger partial charge in [-0.1, -0.05) is 39.0 Å². The minimum Gasteiger partial charge on any atom is -0.370 e. The zero-order valence-corrected chi connectivity index (χ0v) is 11.0. The maximum absolute atomic E-state index is 11.8. The van der Waals surface area contributed by atoms with Crippen LogP contribution < -0.4 is 11.1 Å². The lowest BCUT2D eigenvalue weighted by atomic mass is 10.1. The van der Waals surface area contributed by atoms with Crippen LogP contribution in [0, 0.1) is 0 Å². The van der Waals surface area contributed by atoms with E-state index < -0.39 is 12.6 Å². The fourth-order valence-corrected chi connectivity index (χ4v) is 1.48. The quantitative estimate of drug-likeness (QED) is 0.383. The molecule has 0 aliphatic rings. The summed E-state index contributed by atoms with van der Waals surface area (Å²) in [5, 5.41) is 2.46. The monoisotopic (exact) mass is 267 g/mol. The van der Waals surface area contributed by atoms with Crippen molar-refractivity contribution in [1.29, 1.82) is 0 Å². The maximum atomic E-state index is 11.8. The van der Waals surface area contributed by atoms with Crippen LogP contribution in [0.5, 0.6) is 0 Å². The molecule has 0 aromatic rings. The topological polar surface area (TPSA) is 50.4 Å². The molecule has 0 aromatic carbocycles. The highest BCUT2D eigenvalue weighted by atomic mass is 19.4. The normalized spacial score (nSPS) is 12.8. The predicted octanol–water partition coefficient (Wildman–Crippen LogP) is 3.20. The van der Waals surface area contributed by atoms with E-state index in [1.165, 1.54) is 25.7 Å². The van der Waals surface area contributed by atoms with Crippen molar-refractivity contribution < 1.29 is 13.2 Å². The highest BCUT2D eigenvalue weighted by Gasteiger charge is 2.26. The molecule has 6 heteroatoms. The molecule has 0 spiro atoms. The van der Waals surface area contributed by atoms with E-state index >= 15 is 0 Å². The van der Waals surface area contributed by atoms with Gasteiger partial charge >= 0.3 is 6.18 Å². The first-order chi connectivity index (χ1) is 8.45. The average molecular weight is 267 g/mol. The van der Waals surface area contributed by atoms with E-state index in [9.17, 15) is 13.2 Å². The number of nitrogens with two attached hydrogens (primary N) is 1. The summed E-state index contributed by atoms with van der Waals surface area (Å²) in [6.45, 7) is 2.53. The molecule has 0 aromatic heterocycles. The Bertz CT molecular complexity index is 227. The van der Waals surface area contributed by atoms with Crippen molar-refractivity contribution in [3.63, 3.8) is 0 Å². The number of alkyl halides is 3. The summed E-state index contributed by atoms with van der Waals surface area (Å²) in [6, 6.07) is 0. The first kappa shape index (κ1) is 17.1. The van der Waals surface area contributed by atoms with E-state index in [2.05, 4.69) is 17.2 Å².